The second kappa shape index (κ2) is 8.28. The quantitative estimate of drug-likeness (QED) is 0.369. The molecule has 1 amide bonds. The van der Waals surface area contributed by atoms with E-state index < -0.39 is 5.91 Å². The Morgan fingerprint density at radius 2 is 1.84 bits per heavy atom. The van der Waals surface area contributed by atoms with Gasteiger partial charge in [-0.2, -0.15) is 0 Å². The third-order valence-electron chi connectivity index (χ3n) is 5.22. The van der Waals surface area contributed by atoms with Crippen LogP contribution in [-0.2, 0) is 22.6 Å². The summed E-state index contributed by atoms with van der Waals surface area (Å²) in [5.74, 6) is -0.817. The van der Waals surface area contributed by atoms with Crippen molar-refractivity contribution in [2.45, 2.75) is 13.0 Å². The van der Waals surface area contributed by atoms with Crippen molar-refractivity contribution in [3.05, 3.63) is 89.1 Å². The predicted molar refractivity (Wildman–Crippen MR) is 123 cm³/mol. The topological polar surface area (TPSA) is 95.4 Å². The average Bonchev–Trinajstić information content (AvgIpc) is 3.45. The van der Waals surface area contributed by atoms with Gasteiger partial charge in [0.1, 0.15) is 17.2 Å². The first-order valence-electron chi connectivity index (χ1n) is 9.96. The summed E-state index contributed by atoms with van der Waals surface area (Å²) in [5, 5.41) is 5.71. The third kappa shape index (κ3) is 3.86. The van der Waals surface area contributed by atoms with Gasteiger partial charge in [-0.1, -0.05) is 42.5 Å². The molecule has 2 N–H and O–H groups in total. The van der Waals surface area contributed by atoms with Crippen molar-refractivity contribution >= 4 is 45.0 Å². The fourth-order valence-corrected chi connectivity index (χ4v) is 4.46. The highest BCUT2D eigenvalue weighted by molar-refractivity contribution is 7.13. The van der Waals surface area contributed by atoms with E-state index in [-0.39, 0.29) is 19.0 Å². The Bertz CT molecular complexity index is 1450. The Labute approximate surface area is 187 Å². The molecule has 0 aliphatic rings. The van der Waals surface area contributed by atoms with E-state index in [0.29, 0.717) is 11.3 Å². The maximum Gasteiger partial charge on any atom is 0.310 e. The third-order valence-corrected chi connectivity index (χ3v) is 6.16. The number of ether oxygens (including phenoxy) is 1. The lowest BCUT2D eigenvalue weighted by Gasteiger charge is -2.04. The Morgan fingerprint density at radius 1 is 1.03 bits per heavy atom. The van der Waals surface area contributed by atoms with Crippen molar-refractivity contribution < 1.29 is 18.7 Å². The van der Waals surface area contributed by atoms with Gasteiger partial charge in [-0.25, -0.2) is 4.98 Å². The van der Waals surface area contributed by atoms with Gasteiger partial charge in [-0.05, 0) is 29.0 Å². The van der Waals surface area contributed by atoms with E-state index in [1.807, 2.05) is 41.8 Å². The molecule has 0 bridgehead atoms. The molecule has 0 saturated carbocycles. The van der Waals surface area contributed by atoms with Crippen LogP contribution in [0.3, 0.4) is 0 Å². The number of thiazole rings is 1. The second-order valence-electron chi connectivity index (χ2n) is 7.34. The number of benzene rings is 3. The highest BCUT2D eigenvalue weighted by Crippen LogP contribution is 2.30. The van der Waals surface area contributed by atoms with Crippen LogP contribution in [0, 0.1) is 0 Å². The molecule has 32 heavy (non-hydrogen) atoms. The number of furan rings is 1. The largest absolute Gasteiger partial charge is 0.464 e. The molecular weight excluding hydrogens is 424 g/mol. The summed E-state index contributed by atoms with van der Waals surface area (Å²) in [6.07, 6.45) is 1.74. The number of fused-ring (bicyclic) bond motifs is 3. The smallest absolute Gasteiger partial charge is 0.310 e. The molecule has 0 spiro atoms. The van der Waals surface area contributed by atoms with Crippen molar-refractivity contribution in [2.24, 2.45) is 5.73 Å². The van der Waals surface area contributed by atoms with Crippen LogP contribution < -0.4 is 5.73 Å². The van der Waals surface area contributed by atoms with Gasteiger partial charge < -0.3 is 14.9 Å². The van der Waals surface area contributed by atoms with Gasteiger partial charge in [0.15, 0.2) is 0 Å². The van der Waals surface area contributed by atoms with Crippen molar-refractivity contribution in [1.29, 1.82) is 0 Å². The van der Waals surface area contributed by atoms with E-state index in [1.54, 1.807) is 30.5 Å². The number of amides is 1. The molecule has 0 unspecified atom stereocenters. The summed E-state index contributed by atoms with van der Waals surface area (Å²) in [4.78, 5) is 28.2. The molecule has 0 aliphatic carbocycles. The zero-order valence-electron chi connectivity index (χ0n) is 16.9. The van der Waals surface area contributed by atoms with Crippen molar-refractivity contribution in [1.82, 2.24) is 4.98 Å². The molecule has 7 heteroatoms. The number of hydrogen-bond acceptors (Lipinski definition) is 6. The minimum Gasteiger partial charge on any atom is -0.464 e. The molecule has 0 radical (unpaired) electrons. The van der Waals surface area contributed by atoms with Crippen molar-refractivity contribution in [3.8, 4) is 10.6 Å². The molecule has 5 rings (SSSR count). The second-order valence-corrected chi connectivity index (χ2v) is 8.20. The first-order chi connectivity index (χ1) is 15.6. The van der Waals surface area contributed by atoms with E-state index in [2.05, 4.69) is 4.98 Å². The monoisotopic (exact) mass is 442 g/mol. The van der Waals surface area contributed by atoms with Crippen molar-refractivity contribution in [2.75, 3.05) is 0 Å². The molecule has 2 aromatic heterocycles. The summed E-state index contributed by atoms with van der Waals surface area (Å²) in [7, 11) is 0. The standard InChI is InChI=1S/C25H18N2O4S/c26-24(29)16-5-7-17(8-6-16)25-27-19(14-32-25)13-31-22(28)11-18-12-30-21-10-9-15-3-1-2-4-20(15)23(18)21/h1-10,12,14H,11,13H2,(H2,26,29). The molecule has 2 heterocycles. The molecular formula is C25H18N2O4S. The zero-order chi connectivity index (χ0) is 22.1. The van der Waals surface area contributed by atoms with Gasteiger partial charge in [0.25, 0.3) is 0 Å². The number of carbonyl (C=O) groups is 2. The summed E-state index contributed by atoms with van der Waals surface area (Å²) in [6, 6.07) is 18.8. The van der Waals surface area contributed by atoms with Gasteiger partial charge in [-0.3, -0.25) is 9.59 Å². The summed E-state index contributed by atoms with van der Waals surface area (Å²) < 4.78 is 11.1. The van der Waals surface area contributed by atoms with Crippen LogP contribution in [0.2, 0.25) is 0 Å². The Balaban J connectivity index is 1.27. The highest BCUT2D eigenvalue weighted by atomic mass is 32.1. The molecule has 3 aromatic carbocycles. The SMILES string of the molecule is NC(=O)c1ccc(-c2nc(COC(=O)Cc3coc4ccc5ccccc5c34)cs2)cc1. The molecule has 5 aromatic rings. The van der Waals surface area contributed by atoms with Crippen LogP contribution in [-0.4, -0.2) is 16.9 Å². The minimum atomic E-state index is -0.471. The highest BCUT2D eigenvalue weighted by Gasteiger charge is 2.15. The van der Waals surface area contributed by atoms with E-state index in [9.17, 15) is 9.59 Å². The van der Waals surface area contributed by atoms with Gasteiger partial charge >= 0.3 is 5.97 Å². The lowest BCUT2D eigenvalue weighted by molar-refractivity contribution is -0.144. The van der Waals surface area contributed by atoms with E-state index in [1.165, 1.54) is 11.3 Å². The Morgan fingerprint density at radius 3 is 2.66 bits per heavy atom. The predicted octanol–water partition coefficient (Wildman–Crippen LogP) is 5.09. The summed E-state index contributed by atoms with van der Waals surface area (Å²) in [6.45, 7) is 0.0885. The average molecular weight is 442 g/mol. The number of aromatic nitrogens is 1. The van der Waals surface area contributed by atoms with Crippen LogP contribution in [0.5, 0.6) is 0 Å². The number of nitrogens with zero attached hydrogens (tertiary/aromatic N) is 1. The molecule has 158 valence electrons. The van der Waals surface area contributed by atoms with Crippen molar-refractivity contribution in [3.63, 3.8) is 0 Å². The van der Waals surface area contributed by atoms with Gasteiger partial charge in [0.05, 0.1) is 18.4 Å². The number of hydrogen-bond donors (Lipinski definition) is 1. The van der Waals surface area contributed by atoms with Gasteiger partial charge in [-0.15, -0.1) is 11.3 Å². The number of primary amides is 1. The zero-order valence-corrected chi connectivity index (χ0v) is 17.7. The molecule has 0 fully saturated rings. The fraction of sp³-hybridized carbons (Fsp3) is 0.0800. The number of esters is 1. The summed E-state index contributed by atoms with van der Waals surface area (Å²) in [5.41, 5.74) is 8.80. The van der Waals surface area contributed by atoms with Crippen LogP contribution in [0.15, 0.2) is 76.7 Å². The van der Waals surface area contributed by atoms with Crippen LogP contribution in [0.4, 0.5) is 0 Å². The van der Waals surface area contributed by atoms with E-state index in [0.717, 1.165) is 37.9 Å². The maximum absolute atomic E-state index is 12.5. The van der Waals surface area contributed by atoms with E-state index in [4.69, 9.17) is 14.9 Å². The molecule has 6 nitrogen and oxygen atoms in total. The normalized spacial score (nSPS) is 11.1. The van der Waals surface area contributed by atoms with E-state index >= 15 is 0 Å². The van der Waals surface area contributed by atoms with Crippen LogP contribution in [0.1, 0.15) is 21.6 Å². The lowest BCUT2D eigenvalue weighted by atomic mass is 10.0. The fourth-order valence-electron chi connectivity index (χ4n) is 3.65. The number of nitrogens with two attached hydrogens (primary N) is 1. The molecule has 0 saturated heterocycles. The lowest BCUT2D eigenvalue weighted by Crippen LogP contribution is -2.10. The van der Waals surface area contributed by atoms with Crippen LogP contribution >= 0.6 is 11.3 Å². The van der Waals surface area contributed by atoms with Crippen LogP contribution in [0.25, 0.3) is 32.3 Å². The van der Waals surface area contributed by atoms with Gasteiger partial charge in [0, 0.05) is 27.5 Å². The Hall–Kier alpha value is -3.97. The molecule has 0 atom stereocenters. The first-order valence-corrected chi connectivity index (χ1v) is 10.8. The minimum absolute atomic E-state index is 0.0885. The molecule has 0 aliphatic heterocycles. The maximum atomic E-state index is 12.5. The van der Waals surface area contributed by atoms with Gasteiger partial charge in [0.2, 0.25) is 5.91 Å². The first kappa shape index (κ1) is 20.0. The Kier molecular flexibility index (Phi) is 5.17. The number of carbonyl (C=O) groups excluding carboxylic acids is 2. The number of rotatable bonds is 6. The summed E-state index contributed by atoms with van der Waals surface area (Å²) >= 11 is 1.44.